The van der Waals surface area contributed by atoms with Crippen molar-refractivity contribution in [2.75, 3.05) is 18.8 Å². The zero-order chi connectivity index (χ0) is 10.2. The summed E-state index contributed by atoms with van der Waals surface area (Å²) in [4.78, 5) is 4.25. The summed E-state index contributed by atoms with van der Waals surface area (Å²) in [6.07, 6.45) is 6.35. The maximum absolute atomic E-state index is 4.25. The molecule has 0 saturated carbocycles. The van der Waals surface area contributed by atoms with Gasteiger partial charge in [-0.1, -0.05) is 25.1 Å². The first-order valence-corrected chi connectivity index (χ1v) is 6.14. The smallest absolute Gasteiger partial charge is 0.167 e. The number of hydrogen-bond donors (Lipinski definition) is 1. The van der Waals surface area contributed by atoms with Crippen molar-refractivity contribution in [2.45, 2.75) is 24.9 Å². The van der Waals surface area contributed by atoms with Crippen LogP contribution in [0.1, 0.15) is 19.8 Å². The van der Waals surface area contributed by atoms with Crippen LogP contribution in [0.5, 0.6) is 0 Å². The lowest BCUT2D eigenvalue weighted by Crippen LogP contribution is -2.18. The molecule has 3 nitrogen and oxygen atoms in total. The van der Waals surface area contributed by atoms with E-state index in [0.29, 0.717) is 0 Å². The normalized spacial score (nSPS) is 10.7. The number of rotatable bonds is 7. The van der Waals surface area contributed by atoms with E-state index >= 15 is 0 Å². The Bertz CT molecular complexity index is 247. The van der Waals surface area contributed by atoms with E-state index in [1.54, 1.807) is 11.8 Å². The Morgan fingerprint density at radius 1 is 1.50 bits per heavy atom. The molecule has 0 unspecified atom stereocenters. The van der Waals surface area contributed by atoms with Crippen molar-refractivity contribution in [1.82, 2.24) is 14.9 Å². The van der Waals surface area contributed by atoms with Gasteiger partial charge in [-0.05, 0) is 13.0 Å². The Morgan fingerprint density at radius 2 is 2.36 bits per heavy atom. The van der Waals surface area contributed by atoms with Crippen LogP contribution in [0.4, 0.5) is 0 Å². The number of thioether (sulfide) groups is 1. The summed E-state index contributed by atoms with van der Waals surface area (Å²) in [6, 6.07) is 0. The highest BCUT2D eigenvalue weighted by molar-refractivity contribution is 7.99. The van der Waals surface area contributed by atoms with Crippen molar-refractivity contribution in [3.8, 4) is 0 Å². The van der Waals surface area contributed by atoms with Crippen LogP contribution in [0.2, 0.25) is 0 Å². The molecule has 0 fully saturated rings. The van der Waals surface area contributed by atoms with Gasteiger partial charge in [0, 0.05) is 31.7 Å². The molecule has 0 aromatic carbocycles. The highest BCUT2D eigenvalue weighted by Gasteiger charge is 1.98. The van der Waals surface area contributed by atoms with Gasteiger partial charge in [-0.25, -0.2) is 4.98 Å². The Balaban J connectivity index is 2.02. The van der Waals surface area contributed by atoms with Gasteiger partial charge in [-0.2, -0.15) is 0 Å². The summed E-state index contributed by atoms with van der Waals surface area (Å²) in [5, 5.41) is 4.51. The average molecular weight is 213 g/mol. The fraction of sp³-hybridized carbons (Fsp3) is 0.700. The van der Waals surface area contributed by atoms with Gasteiger partial charge in [-0.15, -0.1) is 0 Å². The van der Waals surface area contributed by atoms with Gasteiger partial charge in [0.05, 0.1) is 0 Å². The maximum atomic E-state index is 4.25. The molecule has 0 atom stereocenters. The van der Waals surface area contributed by atoms with Gasteiger partial charge in [0.1, 0.15) is 0 Å². The molecule has 4 heteroatoms. The number of hydrogen-bond acceptors (Lipinski definition) is 3. The maximum Gasteiger partial charge on any atom is 0.167 e. The van der Waals surface area contributed by atoms with Crippen LogP contribution in [-0.4, -0.2) is 28.4 Å². The highest BCUT2D eigenvalue weighted by atomic mass is 32.2. The van der Waals surface area contributed by atoms with Crippen molar-refractivity contribution in [2.24, 2.45) is 7.05 Å². The van der Waals surface area contributed by atoms with E-state index < -0.39 is 0 Å². The van der Waals surface area contributed by atoms with E-state index in [1.165, 1.54) is 12.8 Å². The second kappa shape index (κ2) is 6.90. The third-order valence-corrected chi connectivity index (χ3v) is 3.05. The minimum absolute atomic E-state index is 1.07. The lowest BCUT2D eigenvalue weighted by Gasteiger charge is -2.03. The topological polar surface area (TPSA) is 29.9 Å². The second-order valence-electron chi connectivity index (χ2n) is 3.27. The zero-order valence-corrected chi connectivity index (χ0v) is 9.81. The van der Waals surface area contributed by atoms with Crippen LogP contribution in [0.25, 0.3) is 0 Å². The Morgan fingerprint density at radius 3 is 3.00 bits per heavy atom. The molecule has 0 saturated heterocycles. The van der Waals surface area contributed by atoms with Crippen molar-refractivity contribution >= 4 is 11.8 Å². The van der Waals surface area contributed by atoms with Crippen LogP contribution in [-0.2, 0) is 7.05 Å². The van der Waals surface area contributed by atoms with Crippen LogP contribution < -0.4 is 5.32 Å². The van der Waals surface area contributed by atoms with Gasteiger partial charge in [0.15, 0.2) is 5.16 Å². The lowest BCUT2D eigenvalue weighted by molar-refractivity contribution is 0.665. The molecule has 80 valence electrons. The third kappa shape index (κ3) is 4.15. The van der Waals surface area contributed by atoms with Crippen LogP contribution in [0.15, 0.2) is 17.6 Å². The summed E-state index contributed by atoms with van der Waals surface area (Å²) in [5.41, 5.74) is 0. The number of nitrogens with zero attached hydrogens (tertiary/aromatic N) is 2. The zero-order valence-electron chi connectivity index (χ0n) is 8.99. The Labute approximate surface area is 90.3 Å². The summed E-state index contributed by atoms with van der Waals surface area (Å²) in [5.74, 6) is 1.09. The largest absolute Gasteiger partial charge is 0.329 e. The minimum Gasteiger partial charge on any atom is -0.329 e. The molecule has 1 aromatic heterocycles. The fourth-order valence-corrected chi connectivity index (χ4v) is 1.96. The van der Waals surface area contributed by atoms with Gasteiger partial charge in [0.2, 0.25) is 0 Å². The summed E-state index contributed by atoms with van der Waals surface area (Å²) in [7, 11) is 2.03. The second-order valence-corrected chi connectivity index (χ2v) is 4.33. The quantitative estimate of drug-likeness (QED) is 0.554. The molecule has 1 rings (SSSR count). The van der Waals surface area contributed by atoms with E-state index in [2.05, 4.69) is 21.8 Å². The number of aromatic nitrogens is 2. The summed E-state index contributed by atoms with van der Waals surface area (Å²) in [6.45, 7) is 4.42. The highest BCUT2D eigenvalue weighted by Crippen LogP contribution is 2.12. The molecule has 0 aliphatic rings. The molecular weight excluding hydrogens is 194 g/mol. The Kier molecular flexibility index (Phi) is 5.71. The number of imidazole rings is 1. The van der Waals surface area contributed by atoms with E-state index in [4.69, 9.17) is 0 Å². The molecule has 1 N–H and O–H groups in total. The Hall–Kier alpha value is -0.480. The van der Waals surface area contributed by atoms with E-state index in [-0.39, 0.29) is 0 Å². The SMILES string of the molecule is CCCCNCCSc1nccn1C. The number of aryl methyl sites for hydroxylation is 1. The third-order valence-electron chi connectivity index (χ3n) is 1.99. The minimum atomic E-state index is 1.07. The van der Waals surface area contributed by atoms with Crippen LogP contribution in [0.3, 0.4) is 0 Å². The number of nitrogens with one attached hydrogen (secondary N) is 1. The number of unbranched alkanes of at least 4 members (excludes halogenated alkanes) is 1. The molecule has 0 radical (unpaired) electrons. The molecule has 0 bridgehead atoms. The molecule has 0 aliphatic heterocycles. The van der Waals surface area contributed by atoms with Crippen molar-refractivity contribution in [3.05, 3.63) is 12.4 Å². The first kappa shape index (κ1) is 11.6. The predicted molar refractivity (Wildman–Crippen MR) is 61.7 cm³/mol. The fourth-order valence-electron chi connectivity index (χ4n) is 1.13. The van der Waals surface area contributed by atoms with E-state index in [0.717, 1.165) is 24.0 Å². The molecule has 0 amide bonds. The van der Waals surface area contributed by atoms with Crippen LogP contribution >= 0.6 is 11.8 Å². The summed E-state index contributed by atoms with van der Waals surface area (Å²) < 4.78 is 2.05. The van der Waals surface area contributed by atoms with Gasteiger partial charge in [0.25, 0.3) is 0 Å². The molecule has 0 aliphatic carbocycles. The van der Waals surface area contributed by atoms with Crippen molar-refractivity contribution in [3.63, 3.8) is 0 Å². The molecule has 14 heavy (non-hydrogen) atoms. The van der Waals surface area contributed by atoms with E-state index in [1.807, 2.05) is 19.4 Å². The van der Waals surface area contributed by atoms with Gasteiger partial charge >= 0.3 is 0 Å². The van der Waals surface area contributed by atoms with Crippen LogP contribution in [0, 0.1) is 0 Å². The monoisotopic (exact) mass is 213 g/mol. The predicted octanol–water partition coefficient (Wildman–Crippen LogP) is 1.90. The lowest BCUT2D eigenvalue weighted by atomic mass is 10.3. The van der Waals surface area contributed by atoms with E-state index in [9.17, 15) is 0 Å². The van der Waals surface area contributed by atoms with Crippen molar-refractivity contribution < 1.29 is 0 Å². The molecular formula is C10H19N3S. The van der Waals surface area contributed by atoms with Crippen molar-refractivity contribution in [1.29, 1.82) is 0 Å². The van der Waals surface area contributed by atoms with Gasteiger partial charge in [-0.3, -0.25) is 0 Å². The average Bonchev–Trinajstić information content (AvgIpc) is 2.58. The first-order valence-electron chi connectivity index (χ1n) is 5.15. The molecule has 1 aromatic rings. The molecule has 1 heterocycles. The first-order chi connectivity index (χ1) is 6.84. The van der Waals surface area contributed by atoms with Gasteiger partial charge < -0.3 is 9.88 Å². The summed E-state index contributed by atoms with van der Waals surface area (Å²) >= 11 is 1.80. The molecule has 0 spiro atoms. The standard InChI is InChI=1S/C10H19N3S/c1-3-4-5-11-7-9-14-10-12-6-8-13(10)2/h6,8,11H,3-5,7,9H2,1-2H3.